The lowest BCUT2D eigenvalue weighted by Crippen LogP contribution is -2.48. The van der Waals surface area contributed by atoms with E-state index in [1.807, 2.05) is 6.07 Å². The summed E-state index contributed by atoms with van der Waals surface area (Å²) in [7, 11) is 0. The highest BCUT2D eigenvalue weighted by atomic mass is 35.5. The molecule has 0 N–H and O–H groups in total. The first kappa shape index (κ1) is 25.4. The molecule has 1 aliphatic rings. The summed E-state index contributed by atoms with van der Waals surface area (Å²) in [5, 5.41) is 0.134. The summed E-state index contributed by atoms with van der Waals surface area (Å²) in [6, 6.07) is 9.91. The number of furan rings is 1. The molecule has 11 heteroatoms. The van der Waals surface area contributed by atoms with Crippen LogP contribution in [0.3, 0.4) is 0 Å². The van der Waals surface area contributed by atoms with Crippen molar-refractivity contribution in [3.63, 3.8) is 0 Å². The third-order valence-corrected chi connectivity index (χ3v) is 7.65. The zero-order valence-corrected chi connectivity index (χ0v) is 21.4. The van der Waals surface area contributed by atoms with Crippen LogP contribution in [0.4, 0.5) is 4.39 Å². The molecule has 2 aromatic carbocycles. The van der Waals surface area contributed by atoms with Gasteiger partial charge in [0.1, 0.15) is 28.2 Å². The normalized spacial score (nSPS) is 14.5. The Balaban J connectivity index is 1.34. The molecule has 4 rings (SSSR count). The Kier molecular flexibility index (Phi) is 8.18. The molecule has 1 amide bonds. The van der Waals surface area contributed by atoms with Crippen LogP contribution >= 0.6 is 58.0 Å². The number of benzene rings is 2. The predicted molar refractivity (Wildman–Crippen MR) is 132 cm³/mol. The molecule has 0 saturated carbocycles. The molecule has 34 heavy (non-hydrogen) atoms. The topological polar surface area (TPSA) is 45.9 Å². The molecule has 0 unspecified atom stereocenters. The van der Waals surface area contributed by atoms with Crippen LogP contribution < -0.4 is 4.74 Å². The number of amides is 1. The Labute approximate surface area is 220 Å². The second-order valence-corrected chi connectivity index (χ2v) is 9.50. The molecule has 5 nitrogen and oxygen atoms in total. The van der Waals surface area contributed by atoms with Crippen molar-refractivity contribution in [2.24, 2.45) is 0 Å². The van der Waals surface area contributed by atoms with Crippen molar-refractivity contribution in [1.82, 2.24) is 9.80 Å². The fourth-order valence-electron chi connectivity index (χ4n) is 3.56. The van der Waals surface area contributed by atoms with E-state index in [1.165, 1.54) is 6.07 Å². The molecule has 2 heterocycles. The molecular formula is C23H18Cl5FN2O3. The number of carbonyl (C=O) groups excluding carboxylic acids is 1. The van der Waals surface area contributed by atoms with E-state index in [0.717, 1.165) is 0 Å². The molecule has 1 aliphatic heterocycles. The average Bonchev–Trinajstić information content (AvgIpc) is 3.32. The smallest absolute Gasteiger partial charge is 0.289 e. The zero-order valence-electron chi connectivity index (χ0n) is 17.6. The second kappa shape index (κ2) is 10.9. The van der Waals surface area contributed by atoms with Gasteiger partial charge in [0.25, 0.3) is 5.91 Å². The SMILES string of the molecule is O=C(c1ccc(COc2c(Cl)c(Cl)c(Cl)c(Cl)c2Cl)o1)N1CCN(Cc2ccccc2F)CC1. The molecule has 0 aliphatic carbocycles. The highest BCUT2D eigenvalue weighted by Gasteiger charge is 2.25. The molecule has 0 radical (unpaired) electrons. The molecule has 1 aromatic heterocycles. The summed E-state index contributed by atoms with van der Waals surface area (Å²) >= 11 is 30.4. The van der Waals surface area contributed by atoms with Crippen LogP contribution in [0.5, 0.6) is 5.75 Å². The fraction of sp³-hybridized carbons (Fsp3) is 0.261. The third kappa shape index (κ3) is 5.43. The first-order valence-corrected chi connectivity index (χ1v) is 12.1. The van der Waals surface area contributed by atoms with E-state index in [2.05, 4.69) is 4.90 Å². The maximum atomic E-state index is 13.9. The molecule has 0 bridgehead atoms. The fourth-order valence-corrected chi connectivity index (χ4v) is 4.79. The van der Waals surface area contributed by atoms with Crippen molar-refractivity contribution in [1.29, 1.82) is 0 Å². The summed E-state index contributed by atoms with van der Waals surface area (Å²) in [5.74, 6) is 0.182. The van der Waals surface area contributed by atoms with Crippen LogP contribution in [0.15, 0.2) is 40.8 Å². The predicted octanol–water partition coefficient (Wildman–Crippen LogP) is 7.22. The van der Waals surface area contributed by atoms with E-state index in [-0.39, 0.29) is 55.0 Å². The number of halogens is 6. The van der Waals surface area contributed by atoms with Crippen LogP contribution in [-0.2, 0) is 13.2 Å². The lowest BCUT2D eigenvalue weighted by Gasteiger charge is -2.34. The van der Waals surface area contributed by atoms with Gasteiger partial charge in [-0.15, -0.1) is 0 Å². The van der Waals surface area contributed by atoms with Gasteiger partial charge in [-0.1, -0.05) is 76.2 Å². The Bertz CT molecular complexity index is 1180. The van der Waals surface area contributed by atoms with Crippen LogP contribution in [0.25, 0.3) is 0 Å². The quantitative estimate of drug-likeness (QED) is 0.233. The molecule has 3 aromatic rings. The average molecular weight is 567 g/mol. The van der Waals surface area contributed by atoms with E-state index >= 15 is 0 Å². The van der Waals surface area contributed by atoms with Gasteiger partial charge >= 0.3 is 0 Å². The van der Waals surface area contributed by atoms with Crippen molar-refractivity contribution in [2.45, 2.75) is 13.2 Å². The number of carbonyl (C=O) groups is 1. The van der Waals surface area contributed by atoms with Crippen molar-refractivity contribution < 1.29 is 18.3 Å². The first-order valence-electron chi connectivity index (χ1n) is 10.2. The lowest BCUT2D eigenvalue weighted by atomic mass is 10.2. The Morgan fingerprint density at radius 3 is 2.15 bits per heavy atom. The highest BCUT2D eigenvalue weighted by molar-refractivity contribution is 6.55. The van der Waals surface area contributed by atoms with Crippen molar-refractivity contribution in [3.05, 3.63) is 84.4 Å². The molecule has 1 fully saturated rings. The maximum Gasteiger partial charge on any atom is 0.289 e. The van der Waals surface area contributed by atoms with Crippen molar-refractivity contribution >= 4 is 63.9 Å². The molecule has 0 atom stereocenters. The number of rotatable bonds is 6. The minimum atomic E-state index is -0.231. The van der Waals surface area contributed by atoms with Gasteiger partial charge < -0.3 is 14.1 Å². The van der Waals surface area contributed by atoms with Crippen molar-refractivity contribution in [2.75, 3.05) is 26.2 Å². The highest BCUT2D eigenvalue weighted by Crippen LogP contribution is 2.48. The second-order valence-electron chi connectivity index (χ2n) is 7.61. The van der Waals surface area contributed by atoms with E-state index < -0.39 is 0 Å². The van der Waals surface area contributed by atoms with E-state index in [9.17, 15) is 9.18 Å². The van der Waals surface area contributed by atoms with Gasteiger partial charge in [0.15, 0.2) is 11.5 Å². The van der Waals surface area contributed by atoms with E-state index in [0.29, 0.717) is 44.0 Å². The van der Waals surface area contributed by atoms with Gasteiger partial charge in [0, 0.05) is 38.3 Å². The zero-order chi connectivity index (χ0) is 24.4. The number of hydrogen-bond donors (Lipinski definition) is 0. The lowest BCUT2D eigenvalue weighted by molar-refractivity contribution is 0.0592. The van der Waals surface area contributed by atoms with Gasteiger partial charge in [0.05, 0.1) is 15.1 Å². The molecular weight excluding hydrogens is 549 g/mol. The summed E-state index contributed by atoms with van der Waals surface area (Å²) in [5.41, 5.74) is 0.640. The Morgan fingerprint density at radius 1 is 0.882 bits per heavy atom. The monoisotopic (exact) mass is 564 g/mol. The Hall–Kier alpha value is -1.67. The number of hydrogen-bond acceptors (Lipinski definition) is 4. The largest absolute Gasteiger partial charge is 0.482 e. The van der Waals surface area contributed by atoms with Gasteiger partial charge in [-0.2, -0.15) is 0 Å². The van der Waals surface area contributed by atoms with Crippen molar-refractivity contribution in [3.8, 4) is 5.75 Å². The minimum Gasteiger partial charge on any atom is -0.482 e. The van der Waals surface area contributed by atoms with Gasteiger partial charge in [-0.25, -0.2) is 4.39 Å². The Morgan fingerprint density at radius 2 is 1.50 bits per heavy atom. The van der Waals surface area contributed by atoms with Crippen LogP contribution in [0.2, 0.25) is 25.1 Å². The van der Waals surface area contributed by atoms with E-state index in [4.69, 9.17) is 67.2 Å². The molecule has 0 spiro atoms. The summed E-state index contributed by atoms with van der Waals surface area (Å²) in [6.45, 7) is 2.72. The number of ether oxygens (including phenoxy) is 1. The molecule has 1 saturated heterocycles. The maximum absolute atomic E-state index is 13.9. The number of nitrogens with zero attached hydrogens (tertiary/aromatic N) is 2. The standard InChI is InChI=1S/C23H18Cl5FN2O3/c24-17-18(25)20(27)22(21(28)19(17)26)33-12-14-5-6-16(34-14)23(32)31-9-7-30(8-10-31)11-13-3-1-2-4-15(13)29/h1-6H,7-12H2. The van der Waals surface area contributed by atoms with Crippen LogP contribution in [0, 0.1) is 5.82 Å². The third-order valence-electron chi connectivity index (χ3n) is 5.41. The van der Waals surface area contributed by atoms with Gasteiger partial charge in [-0.3, -0.25) is 9.69 Å². The van der Waals surface area contributed by atoms with Gasteiger partial charge in [0.2, 0.25) is 0 Å². The first-order chi connectivity index (χ1) is 16.3. The molecule has 180 valence electrons. The van der Waals surface area contributed by atoms with Crippen LogP contribution in [0.1, 0.15) is 21.9 Å². The summed E-state index contributed by atoms with van der Waals surface area (Å²) in [4.78, 5) is 16.7. The van der Waals surface area contributed by atoms with Crippen LogP contribution in [-0.4, -0.2) is 41.9 Å². The van der Waals surface area contributed by atoms with Gasteiger partial charge in [-0.05, 0) is 18.2 Å². The number of piperazine rings is 1. The summed E-state index contributed by atoms with van der Waals surface area (Å²) in [6.07, 6.45) is 0. The summed E-state index contributed by atoms with van der Waals surface area (Å²) < 4.78 is 25.2. The minimum absolute atomic E-state index is 0.0252. The van der Waals surface area contributed by atoms with E-state index in [1.54, 1.807) is 29.2 Å².